The summed E-state index contributed by atoms with van der Waals surface area (Å²) in [4.78, 5) is 0. The van der Waals surface area contributed by atoms with Crippen LogP contribution in [-0.2, 0) is 15.9 Å². The van der Waals surface area contributed by atoms with Crippen molar-refractivity contribution >= 4 is 0 Å². The fourth-order valence-corrected chi connectivity index (χ4v) is 2.33. The lowest BCUT2D eigenvalue weighted by molar-refractivity contribution is -0.0847. The van der Waals surface area contributed by atoms with Crippen molar-refractivity contribution in [2.75, 3.05) is 13.2 Å². The minimum atomic E-state index is 0.0791. The van der Waals surface area contributed by atoms with Gasteiger partial charge in [-0.2, -0.15) is 0 Å². The average molecular weight is 246 g/mol. The monoisotopic (exact) mass is 246 g/mol. The summed E-state index contributed by atoms with van der Waals surface area (Å²) in [5, 5.41) is 0. The Kier molecular flexibility index (Phi) is 5.43. The van der Waals surface area contributed by atoms with E-state index < -0.39 is 0 Å². The van der Waals surface area contributed by atoms with Crippen LogP contribution in [0.2, 0.25) is 0 Å². The molecule has 18 heavy (non-hydrogen) atoms. The van der Waals surface area contributed by atoms with E-state index in [0.717, 1.165) is 38.9 Å². The molecule has 0 N–H and O–H groups in total. The van der Waals surface area contributed by atoms with Crippen molar-refractivity contribution in [3.8, 4) is 0 Å². The third-order valence-corrected chi connectivity index (χ3v) is 3.33. The second kappa shape index (κ2) is 7.34. The van der Waals surface area contributed by atoms with Crippen molar-refractivity contribution in [1.29, 1.82) is 0 Å². The summed E-state index contributed by atoms with van der Waals surface area (Å²) in [6.45, 7) is 5.44. The average Bonchev–Trinajstić information content (AvgIpc) is 2.45. The molecule has 1 fully saturated rings. The molecule has 2 heteroatoms. The number of rotatable bonds is 6. The highest BCUT2D eigenvalue weighted by Crippen LogP contribution is 2.18. The Morgan fingerprint density at radius 1 is 1.33 bits per heavy atom. The molecule has 0 spiro atoms. The summed E-state index contributed by atoms with van der Waals surface area (Å²) in [6, 6.07) is 10.5. The van der Waals surface area contributed by atoms with Gasteiger partial charge in [0.25, 0.3) is 0 Å². The Morgan fingerprint density at radius 2 is 2.17 bits per heavy atom. The van der Waals surface area contributed by atoms with Gasteiger partial charge in [-0.1, -0.05) is 36.4 Å². The normalized spacial score (nSPS) is 23.8. The van der Waals surface area contributed by atoms with E-state index in [-0.39, 0.29) is 12.2 Å². The maximum absolute atomic E-state index is 5.91. The summed E-state index contributed by atoms with van der Waals surface area (Å²) in [7, 11) is 0. The Labute approximate surface area is 110 Å². The first kappa shape index (κ1) is 13.3. The molecule has 0 unspecified atom stereocenters. The molecule has 0 amide bonds. The molecule has 98 valence electrons. The molecule has 1 aromatic rings. The molecule has 0 bridgehead atoms. The largest absolute Gasteiger partial charge is 0.375 e. The molecule has 2 nitrogen and oxygen atoms in total. The molecule has 1 saturated heterocycles. The van der Waals surface area contributed by atoms with Gasteiger partial charge in [-0.05, 0) is 31.2 Å². The molecule has 0 aromatic heterocycles. The highest BCUT2D eigenvalue weighted by molar-refractivity contribution is 5.14. The molecule has 0 saturated carbocycles. The van der Waals surface area contributed by atoms with Crippen LogP contribution < -0.4 is 0 Å². The van der Waals surface area contributed by atoms with E-state index in [2.05, 4.69) is 30.8 Å². The van der Waals surface area contributed by atoms with Gasteiger partial charge >= 0.3 is 0 Å². The highest BCUT2D eigenvalue weighted by Gasteiger charge is 2.23. The van der Waals surface area contributed by atoms with E-state index in [0.29, 0.717) is 0 Å². The van der Waals surface area contributed by atoms with Gasteiger partial charge < -0.3 is 9.47 Å². The summed E-state index contributed by atoms with van der Waals surface area (Å²) in [5.41, 5.74) is 1.38. The van der Waals surface area contributed by atoms with E-state index >= 15 is 0 Å². The quantitative estimate of drug-likeness (QED) is 0.566. The predicted octanol–water partition coefficient (Wildman–Crippen LogP) is 3.37. The fraction of sp³-hybridized carbons (Fsp3) is 0.500. The van der Waals surface area contributed by atoms with E-state index in [4.69, 9.17) is 9.47 Å². The van der Waals surface area contributed by atoms with Crippen molar-refractivity contribution in [3.63, 3.8) is 0 Å². The molecule has 0 radical (unpaired) electrons. The van der Waals surface area contributed by atoms with Crippen LogP contribution in [0.4, 0.5) is 0 Å². The summed E-state index contributed by atoms with van der Waals surface area (Å²) in [6.07, 6.45) is 6.45. The van der Waals surface area contributed by atoms with Crippen LogP contribution >= 0.6 is 0 Å². The third kappa shape index (κ3) is 3.97. The second-order valence-electron chi connectivity index (χ2n) is 4.71. The molecule has 0 aliphatic carbocycles. The highest BCUT2D eigenvalue weighted by atomic mass is 16.5. The molecule has 2 rings (SSSR count). The van der Waals surface area contributed by atoms with Gasteiger partial charge in [-0.15, -0.1) is 6.58 Å². The van der Waals surface area contributed by atoms with Crippen molar-refractivity contribution in [2.24, 2.45) is 0 Å². The lowest BCUT2D eigenvalue weighted by atomic mass is 10.1. The number of benzene rings is 1. The Bertz CT molecular complexity index is 347. The van der Waals surface area contributed by atoms with Crippen LogP contribution in [0, 0.1) is 0 Å². The molecule has 1 aliphatic rings. The van der Waals surface area contributed by atoms with Gasteiger partial charge in [0.05, 0.1) is 6.10 Å². The van der Waals surface area contributed by atoms with Gasteiger partial charge in [0.15, 0.2) is 0 Å². The molecule has 1 aromatic carbocycles. The SMILES string of the molecule is C=C[C@H]1OCCC[C@@H]1OCCCc1ccccc1. The minimum absolute atomic E-state index is 0.0791. The zero-order valence-electron chi connectivity index (χ0n) is 10.9. The van der Waals surface area contributed by atoms with E-state index in [1.165, 1.54) is 5.56 Å². The zero-order chi connectivity index (χ0) is 12.6. The topological polar surface area (TPSA) is 18.5 Å². The fourth-order valence-electron chi connectivity index (χ4n) is 2.33. The van der Waals surface area contributed by atoms with E-state index in [1.807, 2.05) is 12.1 Å². The first-order valence-corrected chi connectivity index (χ1v) is 6.80. The summed E-state index contributed by atoms with van der Waals surface area (Å²) >= 11 is 0. The van der Waals surface area contributed by atoms with Gasteiger partial charge in [-0.25, -0.2) is 0 Å². The van der Waals surface area contributed by atoms with Gasteiger partial charge in [-0.3, -0.25) is 0 Å². The van der Waals surface area contributed by atoms with Crippen LogP contribution in [0.5, 0.6) is 0 Å². The first-order chi connectivity index (χ1) is 8.90. The number of hydrogen-bond donors (Lipinski definition) is 0. The molecule has 1 heterocycles. The lowest BCUT2D eigenvalue weighted by Gasteiger charge is -2.29. The van der Waals surface area contributed by atoms with Gasteiger partial charge in [0, 0.05) is 13.2 Å². The van der Waals surface area contributed by atoms with Crippen LogP contribution in [0.15, 0.2) is 43.0 Å². The molecular formula is C16H22O2. The van der Waals surface area contributed by atoms with E-state index in [1.54, 1.807) is 0 Å². The molecule has 2 atom stereocenters. The third-order valence-electron chi connectivity index (χ3n) is 3.33. The molecule has 1 aliphatic heterocycles. The van der Waals surface area contributed by atoms with Crippen molar-refractivity contribution in [3.05, 3.63) is 48.6 Å². The van der Waals surface area contributed by atoms with E-state index in [9.17, 15) is 0 Å². The van der Waals surface area contributed by atoms with Crippen molar-refractivity contribution < 1.29 is 9.47 Å². The zero-order valence-corrected chi connectivity index (χ0v) is 10.9. The predicted molar refractivity (Wildman–Crippen MR) is 73.7 cm³/mol. The Hall–Kier alpha value is -1.12. The van der Waals surface area contributed by atoms with Gasteiger partial charge in [0.2, 0.25) is 0 Å². The summed E-state index contributed by atoms with van der Waals surface area (Å²) in [5.74, 6) is 0. The number of ether oxygens (including phenoxy) is 2. The van der Waals surface area contributed by atoms with Crippen LogP contribution in [0.3, 0.4) is 0 Å². The first-order valence-electron chi connectivity index (χ1n) is 6.80. The Balaban J connectivity index is 1.67. The van der Waals surface area contributed by atoms with Crippen molar-refractivity contribution in [1.82, 2.24) is 0 Å². The minimum Gasteiger partial charge on any atom is -0.375 e. The maximum atomic E-state index is 5.91. The number of aryl methyl sites for hydroxylation is 1. The molecular weight excluding hydrogens is 224 g/mol. The maximum Gasteiger partial charge on any atom is 0.101 e. The Morgan fingerprint density at radius 3 is 2.94 bits per heavy atom. The second-order valence-corrected chi connectivity index (χ2v) is 4.71. The van der Waals surface area contributed by atoms with Gasteiger partial charge in [0.1, 0.15) is 6.10 Å². The number of hydrogen-bond acceptors (Lipinski definition) is 2. The van der Waals surface area contributed by atoms with Crippen LogP contribution in [-0.4, -0.2) is 25.4 Å². The smallest absolute Gasteiger partial charge is 0.101 e. The van der Waals surface area contributed by atoms with Crippen LogP contribution in [0.1, 0.15) is 24.8 Å². The van der Waals surface area contributed by atoms with Crippen LogP contribution in [0.25, 0.3) is 0 Å². The van der Waals surface area contributed by atoms with Crippen molar-refractivity contribution in [2.45, 2.75) is 37.9 Å². The lowest BCUT2D eigenvalue weighted by Crippen LogP contribution is -2.34. The standard InChI is InChI=1S/C16H22O2/c1-2-15-16(11-7-13-17-15)18-12-6-10-14-8-4-3-5-9-14/h2-5,8-9,15-16H,1,6-7,10-13H2/t15-,16+/m1/s1. The summed E-state index contributed by atoms with van der Waals surface area (Å²) < 4.78 is 11.5.